The third-order valence-corrected chi connectivity index (χ3v) is 5.91. The van der Waals surface area contributed by atoms with Gasteiger partial charge in [0.25, 0.3) is 0 Å². The molecule has 2 aliphatic rings. The summed E-state index contributed by atoms with van der Waals surface area (Å²) in [5, 5.41) is 3.37. The number of fused-ring (bicyclic) bond motifs is 1. The maximum absolute atomic E-state index is 15.4. The molecule has 2 fully saturated rings. The standard InChI is InChI=1S/C23H28FN3O5/c1-4-5-18(28)32-23(30)16-12-27(14-6-7-14)19-15(21(16)29)10-17(24)20(22(19)31-3)26-9-8-25-13(2)11-26/h10,12-14,25H,4-9,11H2,1-3H3. The Bertz CT molecular complexity index is 1130. The Balaban J connectivity index is 1.90. The minimum Gasteiger partial charge on any atom is -0.492 e. The summed E-state index contributed by atoms with van der Waals surface area (Å²) in [5.74, 6) is -2.01. The van der Waals surface area contributed by atoms with Crippen LogP contribution in [0.4, 0.5) is 10.1 Å². The zero-order valence-electron chi connectivity index (χ0n) is 18.6. The number of aromatic nitrogens is 1. The minimum atomic E-state index is -1.01. The smallest absolute Gasteiger partial charge is 0.351 e. The predicted molar refractivity (Wildman–Crippen MR) is 118 cm³/mol. The van der Waals surface area contributed by atoms with Crippen LogP contribution in [0.15, 0.2) is 17.1 Å². The average Bonchev–Trinajstić information content (AvgIpc) is 3.58. The highest BCUT2D eigenvalue weighted by Crippen LogP contribution is 2.43. The number of ether oxygens (including phenoxy) is 2. The van der Waals surface area contributed by atoms with Crippen LogP contribution in [0.2, 0.25) is 0 Å². The number of methoxy groups -OCH3 is 1. The van der Waals surface area contributed by atoms with Crippen molar-refractivity contribution >= 4 is 28.5 Å². The molecule has 2 aromatic rings. The zero-order chi connectivity index (χ0) is 23.0. The first-order valence-corrected chi connectivity index (χ1v) is 11.0. The molecule has 32 heavy (non-hydrogen) atoms. The number of anilines is 1. The van der Waals surface area contributed by atoms with Gasteiger partial charge in [-0.2, -0.15) is 0 Å². The number of piperazine rings is 1. The van der Waals surface area contributed by atoms with Crippen molar-refractivity contribution in [2.45, 2.75) is 51.6 Å². The maximum Gasteiger partial charge on any atom is 0.351 e. The molecule has 1 aromatic carbocycles. The number of pyridine rings is 1. The Morgan fingerprint density at radius 3 is 2.69 bits per heavy atom. The van der Waals surface area contributed by atoms with Crippen LogP contribution < -0.4 is 20.4 Å². The van der Waals surface area contributed by atoms with E-state index in [1.54, 1.807) is 11.5 Å². The topological polar surface area (TPSA) is 89.9 Å². The number of carbonyl (C=O) groups excluding carboxylic acids is 2. The first kappa shape index (κ1) is 22.3. The number of nitrogens with one attached hydrogen (secondary N) is 1. The van der Waals surface area contributed by atoms with Crippen LogP contribution in [0.1, 0.15) is 55.9 Å². The Kier molecular flexibility index (Phi) is 6.19. The van der Waals surface area contributed by atoms with Crippen LogP contribution in [-0.4, -0.2) is 49.3 Å². The number of esters is 2. The molecular formula is C23H28FN3O5. The molecule has 1 N–H and O–H groups in total. The van der Waals surface area contributed by atoms with Crippen molar-refractivity contribution in [3.05, 3.63) is 33.9 Å². The molecule has 8 nitrogen and oxygen atoms in total. The van der Waals surface area contributed by atoms with Gasteiger partial charge < -0.3 is 24.3 Å². The largest absolute Gasteiger partial charge is 0.492 e. The zero-order valence-corrected chi connectivity index (χ0v) is 18.6. The highest BCUT2D eigenvalue weighted by atomic mass is 19.1. The molecule has 1 aromatic heterocycles. The lowest BCUT2D eigenvalue weighted by Crippen LogP contribution is -2.49. The summed E-state index contributed by atoms with van der Waals surface area (Å²) in [7, 11) is 1.46. The second kappa shape index (κ2) is 8.90. The van der Waals surface area contributed by atoms with E-state index in [2.05, 4.69) is 5.32 Å². The Morgan fingerprint density at radius 2 is 2.06 bits per heavy atom. The van der Waals surface area contributed by atoms with Crippen molar-refractivity contribution in [1.29, 1.82) is 0 Å². The number of halogens is 1. The lowest BCUT2D eigenvalue weighted by atomic mass is 10.1. The van der Waals surface area contributed by atoms with Crippen molar-refractivity contribution in [3.63, 3.8) is 0 Å². The Hall–Kier alpha value is -2.94. The number of rotatable bonds is 6. The third-order valence-electron chi connectivity index (χ3n) is 5.91. The van der Waals surface area contributed by atoms with Gasteiger partial charge in [0.1, 0.15) is 11.3 Å². The van der Waals surface area contributed by atoms with Crippen LogP contribution in [0.25, 0.3) is 10.9 Å². The fourth-order valence-corrected chi connectivity index (χ4v) is 4.27. The van der Waals surface area contributed by atoms with Crippen LogP contribution in [0.5, 0.6) is 5.75 Å². The van der Waals surface area contributed by atoms with Gasteiger partial charge in [-0.25, -0.2) is 9.18 Å². The van der Waals surface area contributed by atoms with Crippen molar-refractivity contribution in [2.75, 3.05) is 31.6 Å². The lowest BCUT2D eigenvalue weighted by Gasteiger charge is -2.35. The van der Waals surface area contributed by atoms with Gasteiger partial charge in [0.05, 0.1) is 18.0 Å². The van der Waals surface area contributed by atoms with E-state index in [4.69, 9.17) is 9.47 Å². The van der Waals surface area contributed by atoms with Gasteiger partial charge in [0.15, 0.2) is 11.6 Å². The van der Waals surface area contributed by atoms with Gasteiger partial charge in [-0.3, -0.25) is 9.59 Å². The van der Waals surface area contributed by atoms with Gasteiger partial charge in [0, 0.05) is 44.3 Å². The number of hydrogen-bond donors (Lipinski definition) is 1. The summed E-state index contributed by atoms with van der Waals surface area (Å²) in [4.78, 5) is 39.5. The lowest BCUT2D eigenvalue weighted by molar-refractivity contribution is -0.138. The van der Waals surface area contributed by atoms with Crippen LogP contribution in [0.3, 0.4) is 0 Å². The van der Waals surface area contributed by atoms with E-state index in [9.17, 15) is 14.4 Å². The van der Waals surface area contributed by atoms with Gasteiger partial charge in [-0.1, -0.05) is 6.92 Å². The molecule has 0 bridgehead atoms. The molecule has 0 amide bonds. The number of hydrogen-bond acceptors (Lipinski definition) is 7. The SMILES string of the molecule is CCCC(=O)OC(=O)c1cn(C2CC2)c2c(OC)c(N3CCNC(C)C3)c(F)cc2c1=O. The molecule has 0 spiro atoms. The molecule has 9 heteroatoms. The monoisotopic (exact) mass is 445 g/mol. The molecule has 1 saturated carbocycles. The van der Waals surface area contributed by atoms with Crippen LogP contribution in [0, 0.1) is 5.82 Å². The fourth-order valence-electron chi connectivity index (χ4n) is 4.27. The molecule has 2 heterocycles. The summed E-state index contributed by atoms with van der Waals surface area (Å²) in [6, 6.07) is 1.41. The summed E-state index contributed by atoms with van der Waals surface area (Å²) >= 11 is 0. The number of carbonyl (C=O) groups is 2. The summed E-state index contributed by atoms with van der Waals surface area (Å²) < 4.78 is 27.7. The Morgan fingerprint density at radius 1 is 1.31 bits per heavy atom. The van der Waals surface area contributed by atoms with Crippen molar-refractivity contribution in [1.82, 2.24) is 9.88 Å². The van der Waals surface area contributed by atoms with Gasteiger partial charge in [-0.15, -0.1) is 0 Å². The van der Waals surface area contributed by atoms with E-state index in [-0.39, 0.29) is 35.2 Å². The highest BCUT2D eigenvalue weighted by Gasteiger charge is 2.32. The molecule has 1 atom stereocenters. The van der Waals surface area contributed by atoms with E-state index in [0.717, 1.165) is 12.8 Å². The van der Waals surface area contributed by atoms with Crippen molar-refractivity contribution in [2.24, 2.45) is 0 Å². The fraction of sp³-hybridized carbons (Fsp3) is 0.522. The molecular weight excluding hydrogens is 417 g/mol. The van der Waals surface area contributed by atoms with Crippen molar-refractivity contribution < 1.29 is 23.5 Å². The molecule has 172 valence electrons. The first-order valence-electron chi connectivity index (χ1n) is 11.0. The first-order chi connectivity index (χ1) is 15.3. The van der Waals surface area contributed by atoms with E-state index >= 15 is 4.39 Å². The van der Waals surface area contributed by atoms with Crippen LogP contribution in [-0.2, 0) is 9.53 Å². The van der Waals surface area contributed by atoms with E-state index in [1.807, 2.05) is 11.8 Å². The minimum absolute atomic E-state index is 0.0376. The molecule has 1 unspecified atom stereocenters. The molecule has 1 aliphatic heterocycles. The van der Waals surface area contributed by atoms with Crippen molar-refractivity contribution in [3.8, 4) is 5.75 Å². The third kappa shape index (κ3) is 4.09. The second-order valence-electron chi connectivity index (χ2n) is 8.46. The van der Waals surface area contributed by atoms with Gasteiger partial charge in [-0.05, 0) is 32.3 Å². The van der Waals surface area contributed by atoms with E-state index in [0.29, 0.717) is 37.3 Å². The molecule has 4 rings (SSSR count). The highest BCUT2D eigenvalue weighted by molar-refractivity contribution is 6.01. The predicted octanol–water partition coefficient (Wildman–Crippen LogP) is 2.77. The van der Waals surface area contributed by atoms with Crippen LogP contribution >= 0.6 is 0 Å². The molecule has 1 saturated heterocycles. The summed E-state index contributed by atoms with van der Waals surface area (Å²) in [5.41, 5.74) is -0.183. The summed E-state index contributed by atoms with van der Waals surface area (Å²) in [6.45, 7) is 5.70. The summed E-state index contributed by atoms with van der Waals surface area (Å²) in [6.07, 6.45) is 3.75. The molecule has 0 radical (unpaired) electrons. The maximum atomic E-state index is 15.4. The number of nitrogens with zero attached hydrogens (tertiary/aromatic N) is 2. The van der Waals surface area contributed by atoms with Gasteiger partial charge in [0.2, 0.25) is 5.43 Å². The quantitative estimate of drug-likeness (QED) is 0.540. The van der Waals surface area contributed by atoms with Gasteiger partial charge >= 0.3 is 11.9 Å². The number of benzene rings is 1. The second-order valence-corrected chi connectivity index (χ2v) is 8.46. The Labute approximate surface area is 185 Å². The normalized spacial score (nSPS) is 18.6. The van der Waals surface area contributed by atoms with E-state index in [1.165, 1.54) is 19.4 Å². The average molecular weight is 445 g/mol. The van der Waals surface area contributed by atoms with E-state index < -0.39 is 23.2 Å². The molecule has 1 aliphatic carbocycles.